The number of hydrogen-bond acceptors (Lipinski definition) is 2. The Kier molecular flexibility index (Phi) is 5.86. The van der Waals surface area contributed by atoms with E-state index in [9.17, 15) is 4.79 Å². The van der Waals surface area contributed by atoms with E-state index in [1.165, 1.54) is 0 Å². The van der Waals surface area contributed by atoms with Crippen LogP contribution >= 0.6 is 11.6 Å². The van der Waals surface area contributed by atoms with E-state index in [-0.39, 0.29) is 5.91 Å². The lowest BCUT2D eigenvalue weighted by Gasteiger charge is -2.25. The Bertz CT molecular complexity index is 1150. The van der Waals surface area contributed by atoms with E-state index in [0.717, 1.165) is 22.5 Å². The van der Waals surface area contributed by atoms with Gasteiger partial charge in [-0.2, -0.15) is 0 Å². The van der Waals surface area contributed by atoms with Crippen molar-refractivity contribution in [2.45, 2.75) is 20.4 Å². The van der Waals surface area contributed by atoms with E-state index >= 15 is 0 Å². The van der Waals surface area contributed by atoms with Gasteiger partial charge in [-0.05, 0) is 54.4 Å². The highest BCUT2D eigenvalue weighted by Crippen LogP contribution is 2.23. The van der Waals surface area contributed by atoms with E-state index in [0.29, 0.717) is 29.6 Å². The Morgan fingerprint density at radius 3 is 2.33 bits per heavy atom. The van der Waals surface area contributed by atoms with Gasteiger partial charge in [-0.3, -0.25) is 9.36 Å². The standard InChI is InChI=1S/C25H24ClN3O/c1-18(2)16-28(25(30)19-12-14-20(26)15-13-19)17-24-27-22-10-6-7-11-23(22)29(24)21-8-4-3-5-9-21/h3-15,18H,16-17H2,1-2H3. The summed E-state index contributed by atoms with van der Waals surface area (Å²) < 4.78 is 2.14. The molecule has 152 valence electrons. The summed E-state index contributed by atoms with van der Waals surface area (Å²) in [7, 11) is 0. The van der Waals surface area contributed by atoms with Crippen LogP contribution in [-0.4, -0.2) is 26.9 Å². The molecule has 3 aromatic carbocycles. The number of carbonyl (C=O) groups excluding carboxylic acids is 1. The van der Waals surface area contributed by atoms with Crippen molar-refractivity contribution in [1.29, 1.82) is 0 Å². The van der Waals surface area contributed by atoms with Crippen LogP contribution in [0.3, 0.4) is 0 Å². The molecule has 1 aromatic heterocycles. The molecule has 0 bridgehead atoms. The molecule has 0 saturated carbocycles. The predicted molar refractivity (Wildman–Crippen MR) is 122 cm³/mol. The van der Waals surface area contributed by atoms with Crippen molar-refractivity contribution >= 4 is 28.5 Å². The van der Waals surface area contributed by atoms with Gasteiger partial charge in [0.25, 0.3) is 5.91 Å². The summed E-state index contributed by atoms with van der Waals surface area (Å²) in [6.45, 7) is 5.29. The van der Waals surface area contributed by atoms with Crippen molar-refractivity contribution in [3.8, 4) is 5.69 Å². The number of fused-ring (bicyclic) bond motifs is 1. The first-order valence-corrected chi connectivity index (χ1v) is 10.5. The number of amides is 1. The Morgan fingerprint density at radius 2 is 1.63 bits per heavy atom. The van der Waals surface area contributed by atoms with Crippen molar-refractivity contribution in [2.75, 3.05) is 6.54 Å². The first kappa shape index (κ1) is 20.2. The Balaban J connectivity index is 1.76. The number of carbonyl (C=O) groups is 1. The molecule has 30 heavy (non-hydrogen) atoms. The van der Waals surface area contributed by atoms with Crippen molar-refractivity contribution in [3.05, 3.63) is 95.3 Å². The SMILES string of the molecule is CC(C)CN(Cc1nc2ccccc2n1-c1ccccc1)C(=O)c1ccc(Cl)cc1. The van der Waals surface area contributed by atoms with Gasteiger partial charge in [0.15, 0.2) is 0 Å². The van der Waals surface area contributed by atoms with Gasteiger partial charge in [0.05, 0.1) is 17.6 Å². The zero-order valence-corrected chi connectivity index (χ0v) is 17.9. The summed E-state index contributed by atoms with van der Waals surface area (Å²) in [6.07, 6.45) is 0. The molecule has 0 atom stereocenters. The second kappa shape index (κ2) is 8.72. The third-order valence-corrected chi connectivity index (χ3v) is 5.19. The number of imidazole rings is 1. The van der Waals surface area contributed by atoms with Crippen LogP contribution < -0.4 is 0 Å². The van der Waals surface area contributed by atoms with Crippen LogP contribution in [0.4, 0.5) is 0 Å². The highest BCUT2D eigenvalue weighted by Gasteiger charge is 2.21. The van der Waals surface area contributed by atoms with Gasteiger partial charge in [0.1, 0.15) is 5.82 Å². The molecule has 4 rings (SSSR count). The summed E-state index contributed by atoms with van der Waals surface area (Å²) >= 11 is 6.01. The fourth-order valence-corrected chi connectivity index (χ4v) is 3.78. The first-order chi connectivity index (χ1) is 14.5. The maximum absolute atomic E-state index is 13.3. The molecule has 4 nitrogen and oxygen atoms in total. The number of rotatable bonds is 6. The van der Waals surface area contributed by atoms with Crippen LogP contribution in [-0.2, 0) is 6.54 Å². The maximum atomic E-state index is 13.3. The fourth-order valence-electron chi connectivity index (χ4n) is 3.65. The minimum atomic E-state index is -0.0213. The van der Waals surface area contributed by atoms with Gasteiger partial charge in [-0.15, -0.1) is 0 Å². The van der Waals surface area contributed by atoms with E-state index in [1.54, 1.807) is 24.3 Å². The normalized spacial score (nSPS) is 11.2. The van der Waals surface area contributed by atoms with Crippen molar-refractivity contribution in [2.24, 2.45) is 5.92 Å². The van der Waals surface area contributed by atoms with Gasteiger partial charge in [-0.25, -0.2) is 4.98 Å². The highest BCUT2D eigenvalue weighted by molar-refractivity contribution is 6.30. The van der Waals surface area contributed by atoms with Crippen LogP contribution in [0.1, 0.15) is 30.0 Å². The van der Waals surface area contributed by atoms with Gasteiger partial charge < -0.3 is 4.90 Å². The molecule has 0 aliphatic carbocycles. The zero-order valence-electron chi connectivity index (χ0n) is 17.1. The molecule has 0 radical (unpaired) electrons. The Labute approximate surface area is 181 Å². The van der Waals surface area contributed by atoms with Gasteiger partial charge in [0, 0.05) is 22.8 Å². The third kappa shape index (κ3) is 4.24. The second-order valence-electron chi connectivity index (χ2n) is 7.77. The van der Waals surface area contributed by atoms with Crippen molar-refractivity contribution in [3.63, 3.8) is 0 Å². The number of benzene rings is 3. The average Bonchev–Trinajstić information content (AvgIpc) is 3.11. The Morgan fingerprint density at radius 1 is 0.967 bits per heavy atom. The van der Waals surface area contributed by atoms with Gasteiger partial charge >= 0.3 is 0 Å². The molecule has 5 heteroatoms. The topological polar surface area (TPSA) is 38.1 Å². The molecule has 0 aliphatic heterocycles. The van der Waals surface area contributed by atoms with Gasteiger partial charge in [-0.1, -0.05) is 55.8 Å². The molecule has 0 spiro atoms. The molecule has 0 saturated heterocycles. The molecule has 1 amide bonds. The maximum Gasteiger partial charge on any atom is 0.254 e. The number of hydrogen-bond donors (Lipinski definition) is 0. The van der Waals surface area contributed by atoms with E-state index in [1.807, 2.05) is 41.3 Å². The largest absolute Gasteiger partial charge is 0.331 e. The molecule has 4 aromatic rings. The summed E-state index contributed by atoms with van der Waals surface area (Å²) in [6, 6.07) is 25.3. The van der Waals surface area contributed by atoms with Crippen molar-refractivity contribution < 1.29 is 4.79 Å². The van der Waals surface area contributed by atoms with Crippen LogP contribution in [0.25, 0.3) is 16.7 Å². The lowest BCUT2D eigenvalue weighted by atomic mass is 10.1. The van der Waals surface area contributed by atoms with Crippen LogP contribution in [0.5, 0.6) is 0 Å². The second-order valence-corrected chi connectivity index (χ2v) is 8.21. The lowest BCUT2D eigenvalue weighted by Crippen LogP contribution is -2.34. The molecule has 0 unspecified atom stereocenters. The van der Waals surface area contributed by atoms with Crippen LogP contribution in [0.2, 0.25) is 5.02 Å². The molecule has 0 N–H and O–H groups in total. The predicted octanol–water partition coefficient (Wildman–Crippen LogP) is 5.98. The number of nitrogens with zero attached hydrogens (tertiary/aromatic N) is 3. The monoisotopic (exact) mass is 417 g/mol. The minimum absolute atomic E-state index is 0.0213. The molecular weight excluding hydrogens is 394 g/mol. The quantitative estimate of drug-likeness (QED) is 0.387. The van der Waals surface area contributed by atoms with E-state index < -0.39 is 0 Å². The molecule has 1 heterocycles. The van der Waals surface area contributed by atoms with E-state index in [2.05, 4.69) is 36.6 Å². The van der Waals surface area contributed by atoms with Gasteiger partial charge in [0.2, 0.25) is 0 Å². The molecule has 0 aliphatic rings. The summed E-state index contributed by atoms with van der Waals surface area (Å²) in [4.78, 5) is 20.0. The molecule has 0 fully saturated rings. The average molecular weight is 418 g/mol. The van der Waals surface area contributed by atoms with Crippen LogP contribution in [0.15, 0.2) is 78.9 Å². The first-order valence-electron chi connectivity index (χ1n) is 10.1. The number of halogens is 1. The highest BCUT2D eigenvalue weighted by atomic mass is 35.5. The fraction of sp³-hybridized carbons (Fsp3) is 0.200. The van der Waals surface area contributed by atoms with Crippen molar-refractivity contribution in [1.82, 2.24) is 14.5 Å². The molecular formula is C25H24ClN3O. The Hall–Kier alpha value is -3.11. The smallest absolute Gasteiger partial charge is 0.254 e. The zero-order chi connectivity index (χ0) is 21.1. The third-order valence-electron chi connectivity index (χ3n) is 4.94. The summed E-state index contributed by atoms with van der Waals surface area (Å²) in [5.74, 6) is 1.15. The van der Waals surface area contributed by atoms with Crippen LogP contribution in [0, 0.1) is 5.92 Å². The minimum Gasteiger partial charge on any atom is -0.331 e. The summed E-state index contributed by atoms with van der Waals surface area (Å²) in [5.41, 5.74) is 3.61. The number of para-hydroxylation sites is 3. The lowest BCUT2D eigenvalue weighted by molar-refractivity contribution is 0.0717. The summed E-state index contributed by atoms with van der Waals surface area (Å²) in [5, 5.41) is 0.618. The number of aromatic nitrogens is 2. The van der Waals surface area contributed by atoms with E-state index in [4.69, 9.17) is 16.6 Å².